The highest BCUT2D eigenvalue weighted by atomic mass is 16.5. The first kappa shape index (κ1) is 23.1. The van der Waals surface area contributed by atoms with Gasteiger partial charge in [-0.2, -0.15) is 0 Å². The smallest absolute Gasteiger partial charge is 0.0575 e. The zero-order valence-electron chi connectivity index (χ0n) is 20.7. The molecule has 31 heavy (non-hydrogen) atoms. The Morgan fingerprint density at radius 2 is 1.52 bits per heavy atom. The first-order chi connectivity index (χ1) is 14.7. The maximum absolute atomic E-state index is 5.85. The van der Waals surface area contributed by atoms with Crippen molar-refractivity contribution in [3.8, 4) is 0 Å². The fourth-order valence-corrected chi connectivity index (χ4v) is 7.03. The normalized spacial score (nSPS) is 31.3. The molecule has 1 heterocycles. The van der Waals surface area contributed by atoms with Crippen LogP contribution in [0.15, 0.2) is 30.3 Å². The van der Waals surface area contributed by atoms with Crippen LogP contribution in [0.5, 0.6) is 0 Å². The molecule has 1 unspecified atom stereocenters. The molecule has 2 nitrogen and oxygen atoms in total. The number of allylic oxidation sites excluding steroid dienone is 2. The van der Waals surface area contributed by atoms with Crippen molar-refractivity contribution in [2.75, 3.05) is 6.61 Å². The second kappa shape index (κ2) is 9.40. The molecule has 1 saturated carbocycles. The minimum Gasteiger partial charge on any atom is -0.379 e. The third kappa shape index (κ3) is 5.82. The maximum Gasteiger partial charge on any atom is 0.0575 e. The Labute approximate surface area is 191 Å². The van der Waals surface area contributed by atoms with Gasteiger partial charge >= 0.3 is 0 Å². The van der Waals surface area contributed by atoms with E-state index in [1.54, 1.807) is 5.57 Å². The summed E-state index contributed by atoms with van der Waals surface area (Å²) in [6.45, 7) is 12.4. The number of benzene rings is 1. The van der Waals surface area contributed by atoms with E-state index in [-0.39, 0.29) is 11.1 Å². The SMILES string of the molecule is CCOC1CCC(C2CC=C(c3ccc(C4CC(C)(C)NC(C)(C)C4)cc3)CC2)CC1. The third-order valence-electron chi connectivity index (χ3n) is 8.18. The lowest BCUT2D eigenvalue weighted by molar-refractivity contribution is 0.0175. The molecule has 172 valence electrons. The maximum atomic E-state index is 5.85. The minimum atomic E-state index is 0.202. The molecule has 0 spiro atoms. The summed E-state index contributed by atoms with van der Waals surface area (Å²) in [4.78, 5) is 0. The van der Waals surface area contributed by atoms with Crippen LogP contribution in [0.4, 0.5) is 0 Å². The summed E-state index contributed by atoms with van der Waals surface area (Å²) in [6, 6.07) is 9.63. The molecule has 3 aliphatic rings. The summed E-state index contributed by atoms with van der Waals surface area (Å²) < 4.78 is 5.85. The van der Waals surface area contributed by atoms with E-state index < -0.39 is 0 Å². The zero-order chi connectivity index (χ0) is 22.1. The average molecular weight is 424 g/mol. The number of hydrogen-bond donors (Lipinski definition) is 1. The van der Waals surface area contributed by atoms with E-state index in [1.165, 1.54) is 68.9 Å². The predicted octanol–water partition coefficient (Wildman–Crippen LogP) is 7.49. The number of hydrogen-bond acceptors (Lipinski definition) is 2. The molecule has 4 rings (SSSR count). The Morgan fingerprint density at radius 3 is 2.06 bits per heavy atom. The molecular weight excluding hydrogens is 378 g/mol. The molecule has 1 atom stereocenters. The fraction of sp³-hybridized carbons (Fsp3) is 0.724. The molecule has 2 fully saturated rings. The lowest BCUT2D eigenvalue weighted by Crippen LogP contribution is -2.57. The Morgan fingerprint density at radius 1 is 0.871 bits per heavy atom. The van der Waals surface area contributed by atoms with Gasteiger partial charge in [0.2, 0.25) is 0 Å². The van der Waals surface area contributed by atoms with Gasteiger partial charge in [-0.05, 0) is 127 Å². The highest BCUT2D eigenvalue weighted by Gasteiger charge is 2.38. The van der Waals surface area contributed by atoms with E-state index >= 15 is 0 Å². The van der Waals surface area contributed by atoms with Gasteiger partial charge in [0.1, 0.15) is 0 Å². The summed E-state index contributed by atoms with van der Waals surface area (Å²) in [7, 11) is 0. The van der Waals surface area contributed by atoms with Gasteiger partial charge < -0.3 is 10.1 Å². The standard InChI is InChI=1S/C29H45NO/c1-6-31-27-17-15-24(16-18-27)23-9-7-21(8-10-23)22-11-13-25(14-12-22)26-19-28(2,3)30-29(4,5)20-26/h7,11-14,23-24,26-27,30H,6,8-10,15-20H2,1-5H3. The quantitative estimate of drug-likeness (QED) is 0.529. The van der Waals surface area contributed by atoms with Crippen LogP contribution in [0.1, 0.15) is 109 Å². The van der Waals surface area contributed by atoms with Crippen molar-refractivity contribution >= 4 is 5.57 Å². The average Bonchev–Trinajstić information content (AvgIpc) is 2.73. The highest BCUT2D eigenvalue weighted by molar-refractivity contribution is 5.66. The van der Waals surface area contributed by atoms with Crippen molar-refractivity contribution in [3.63, 3.8) is 0 Å². The van der Waals surface area contributed by atoms with E-state index in [1.807, 2.05) is 0 Å². The van der Waals surface area contributed by atoms with Gasteiger partial charge in [-0.3, -0.25) is 0 Å². The molecule has 1 aromatic rings. The highest BCUT2D eigenvalue weighted by Crippen LogP contribution is 2.42. The van der Waals surface area contributed by atoms with Crippen LogP contribution in [-0.4, -0.2) is 23.8 Å². The van der Waals surface area contributed by atoms with Crippen molar-refractivity contribution in [2.24, 2.45) is 11.8 Å². The van der Waals surface area contributed by atoms with E-state index in [4.69, 9.17) is 4.74 Å². The van der Waals surface area contributed by atoms with Crippen LogP contribution in [0, 0.1) is 11.8 Å². The molecule has 1 saturated heterocycles. The number of ether oxygens (including phenoxy) is 1. The topological polar surface area (TPSA) is 21.3 Å². The lowest BCUT2D eigenvalue weighted by atomic mass is 9.72. The predicted molar refractivity (Wildman–Crippen MR) is 132 cm³/mol. The van der Waals surface area contributed by atoms with Gasteiger partial charge in [0.05, 0.1) is 6.10 Å². The van der Waals surface area contributed by atoms with Gasteiger partial charge in [0.15, 0.2) is 0 Å². The van der Waals surface area contributed by atoms with Gasteiger partial charge in [0.25, 0.3) is 0 Å². The molecule has 1 aromatic carbocycles. The zero-order valence-corrected chi connectivity index (χ0v) is 20.7. The van der Waals surface area contributed by atoms with Crippen molar-refractivity contribution in [1.29, 1.82) is 0 Å². The molecule has 0 radical (unpaired) electrons. The van der Waals surface area contributed by atoms with E-state index in [9.17, 15) is 0 Å². The van der Waals surface area contributed by atoms with Crippen LogP contribution < -0.4 is 5.32 Å². The molecule has 1 aliphatic heterocycles. The molecule has 0 amide bonds. The van der Waals surface area contributed by atoms with Gasteiger partial charge in [-0.15, -0.1) is 0 Å². The van der Waals surface area contributed by atoms with Crippen LogP contribution >= 0.6 is 0 Å². The van der Waals surface area contributed by atoms with Crippen LogP contribution in [-0.2, 0) is 4.74 Å². The van der Waals surface area contributed by atoms with Gasteiger partial charge in [-0.25, -0.2) is 0 Å². The largest absolute Gasteiger partial charge is 0.379 e. The molecular formula is C29H45NO. The minimum absolute atomic E-state index is 0.202. The first-order valence-electron chi connectivity index (χ1n) is 12.9. The van der Waals surface area contributed by atoms with Crippen LogP contribution in [0.2, 0.25) is 0 Å². The fourth-order valence-electron chi connectivity index (χ4n) is 7.03. The Balaban J connectivity index is 1.35. The Hall–Kier alpha value is -1.12. The summed E-state index contributed by atoms with van der Waals surface area (Å²) in [6.07, 6.45) is 14.7. The monoisotopic (exact) mass is 423 g/mol. The first-order valence-corrected chi connectivity index (χ1v) is 12.9. The van der Waals surface area contributed by atoms with E-state index in [0.717, 1.165) is 18.4 Å². The Kier molecular flexibility index (Phi) is 6.99. The summed E-state index contributed by atoms with van der Waals surface area (Å²) >= 11 is 0. The van der Waals surface area contributed by atoms with E-state index in [2.05, 4.69) is 70.3 Å². The van der Waals surface area contributed by atoms with Crippen LogP contribution in [0.3, 0.4) is 0 Å². The number of piperidine rings is 1. The van der Waals surface area contributed by atoms with Crippen molar-refractivity contribution in [1.82, 2.24) is 5.32 Å². The molecule has 0 bridgehead atoms. The van der Waals surface area contributed by atoms with E-state index in [0.29, 0.717) is 12.0 Å². The third-order valence-corrected chi connectivity index (χ3v) is 8.18. The number of rotatable bonds is 5. The second-order valence-corrected chi connectivity index (χ2v) is 11.9. The Bertz CT molecular complexity index is 735. The van der Waals surface area contributed by atoms with Gasteiger partial charge in [-0.1, -0.05) is 30.3 Å². The molecule has 2 aliphatic carbocycles. The van der Waals surface area contributed by atoms with Crippen molar-refractivity contribution < 1.29 is 4.74 Å². The second-order valence-electron chi connectivity index (χ2n) is 11.9. The summed E-state index contributed by atoms with van der Waals surface area (Å²) in [5.41, 5.74) is 4.96. The molecule has 2 heteroatoms. The van der Waals surface area contributed by atoms with Gasteiger partial charge in [0, 0.05) is 17.7 Å². The summed E-state index contributed by atoms with van der Waals surface area (Å²) in [5, 5.41) is 3.82. The van der Waals surface area contributed by atoms with Crippen molar-refractivity contribution in [3.05, 3.63) is 41.5 Å². The van der Waals surface area contributed by atoms with Crippen LogP contribution in [0.25, 0.3) is 5.57 Å². The van der Waals surface area contributed by atoms with Crippen molar-refractivity contribution in [2.45, 2.75) is 116 Å². The molecule has 1 N–H and O–H groups in total. The number of nitrogens with one attached hydrogen (secondary N) is 1. The lowest BCUT2D eigenvalue weighted by Gasteiger charge is -2.46. The summed E-state index contributed by atoms with van der Waals surface area (Å²) in [5.74, 6) is 2.46. The molecule has 0 aromatic heterocycles.